The van der Waals surface area contributed by atoms with Crippen molar-refractivity contribution in [2.24, 2.45) is 11.8 Å². The second-order valence-electron chi connectivity index (χ2n) is 7.73. The molecule has 0 radical (unpaired) electrons. The highest BCUT2D eigenvalue weighted by molar-refractivity contribution is 6.32. The van der Waals surface area contributed by atoms with Gasteiger partial charge in [-0.25, -0.2) is 0 Å². The van der Waals surface area contributed by atoms with Crippen LogP contribution < -0.4 is 0 Å². The van der Waals surface area contributed by atoms with E-state index in [1.165, 1.54) is 89.9 Å². The molecule has 0 rings (SSSR count). The van der Waals surface area contributed by atoms with Crippen molar-refractivity contribution in [2.75, 3.05) is 6.61 Å². The number of hydrogen-bond donors (Lipinski definition) is 2. The minimum absolute atomic E-state index is 0.473. The molecule has 0 bridgehead atoms. The Morgan fingerprint density at radius 2 is 1.00 bits per heavy atom. The van der Waals surface area contributed by atoms with Gasteiger partial charge in [0.15, 0.2) is 0 Å². The summed E-state index contributed by atoms with van der Waals surface area (Å²) in [5.74, 6) is 1.15. The molecule has 0 aromatic rings. The van der Waals surface area contributed by atoms with Gasteiger partial charge in [0.2, 0.25) is 0 Å². The van der Waals surface area contributed by atoms with Crippen molar-refractivity contribution in [1.29, 1.82) is 0 Å². The van der Waals surface area contributed by atoms with Crippen LogP contribution in [-0.2, 0) is 4.65 Å². The van der Waals surface area contributed by atoms with E-state index >= 15 is 0 Å². The molecule has 0 saturated heterocycles. The van der Waals surface area contributed by atoms with Crippen LogP contribution in [0.25, 0.3) is 0 Å². The Balaban J connectivity index is 4.45. The minimum atomic E-state index is -1.63. The fourth-order valence-electron chi connectivity index (χ4n) is 3.78. The summed E-state index contributed by atoms with van der Waals surface area (Å²) in [6.07, 6.45) is 19.3. The Labute approximate surface area is 158 Å². The largest absolute Gasteiger partial charge is 0.633 e. The maximum atomic E-state index is 9.10. The van der Waals surface area contributed by atoms with Gasteiger partial charge in [-0.1, -0.05) is 111 Å². The van der Waals surface area contributed by atoms with Gasteiger partial charge in [0.1, 0.15) is 0 Å². The summed E-state index contributed by atoms with van der Waals surface area (Å²) < 4.78 is 5.19. The fourth-order valence-corrected chi connectivity index (χ4v) is 3.78. The molecule has 2 atom stereocenters. The summed E-state index contributed by atoms with van der Waals surface area (Å²) in [5.41, 5.74) is 0. The summed E-state index contributed by atoms with van der Waals surface area (Å²) in [4.78, 5) is 0. The van der Waals surface area contributed by atoms with Crippen molar-refractivity contribution >= 4 is 7.32 Å². The quantitative estimate of drug-likeness (QED) is 0.217. The van der Waals surface area contributed by atoms with Crippen LogP contribution in [0.15, 0.2) is 0 Å². The first kappa shape index (κ1) is 24.9. The van der Waals surface area contributed by atoms with Crippen LogP contribution in [0.3, 0.4) is 0 Å². The molecule has 4 heteroatoms. The van der Waals surface area contributed by atoms with Gasteiger partial charge in [-0.2, -0.15) is 0 Å². The van der Waals surface area contributed by atoms with E-state index in [4.69, 9.17) is 14.7 Å². The molecule has 0 aromatic carbocycles. The third-order valence-electron chi connectivity index (χ3n) is 5.41. The van der Waals surface area contributed by atoms with E-state index in [-0.39, 0.29) is 0 Å². The number of hydrogen-bond acceptors (Lipinski definition) is 3. The van der Waals surface area contributed by atoms with E-state index in [0.717, 1.165) is 6.42 Å². The van der Waals surface area contributed by atoms with Gasteiger partial charge in [0.25, 0.3) is 0 Å². The lowest BCUT2D eigenvalue weighted by molar-refractivity contribution is 0.114. The standard InChI is InChI=1S/C21H45BO3/c1-4-7-10-11-12-15-17-20(16-13-8-5-2)21(18-14-9-6-3)19-25-22(23)24/h20-21,23-24H,4-19H2,1-3H3. The third kappa shape index (κ3) is 15.9. The minimum Gasteiger partial charge on any atom is -0.402 e. The lowest BCUT2D eigenvalue weighted by Crippen LogP contribution is -2.26. The molecule has 150 valence electrons. The van der Waals surface area contributed by atoms with Crippen molar-refractivity contribution in [3.8, 4) is 0 Å². The third-order valence-corrected chi connectivity index (χ3v) is 5.41. The zero-order valence-electron chi connectivity index (χ0n) is 17.3. The Morgan fingerprint density at radius 1 is 0.600 bits per heavy atom. The molecule has 2 N–H and O–H groups in total. The van der Waals surface area contributed by atoms with E-state index in [9.17, 15) is 0 Å². The van der Waals surface area contributed by atoms with Crippen molar-refractivity contribution in [3.05, 3.63) is 0 Å². The summed E-state index contributed by atoms with van der Waals surface area (Å²) >= 11 is 0. The van der Waals surface area contributed by atoms with Crippen LogP contribution >= 0.6 is 0 Å². The van der Waals surface area contributed by atoms with Crippen LogP contribution in [0, 0.1) is 11.8 Å². The van der Waals surface area contributed by atoms with Gasteiger partial charge in [0.05, 0.1) is 0 Å². The van der Waals surface area contributed by atoms with E-state index in [1.807, 2.05) is 0 Å². The predicted molar refractivity (Wildman–Crippen MR) is 109 cm³/mol. The van der Waals surface area contributed by atoms with Gasteiger partial charge >= 0.3 is 7.32 Å². The average Bonchev–Trinajstić information content (AvgIpc) is 2.59. The first-order valence-corrected chi connectivity index (χ1v) is 11.1. The van der Waals surface area contributed by atoms with Gasteiger partial charge in [-0.15, -0.1) is 0 Å². The van der Waals surface area contributed by atoms with Crippen molar-refractivity contribution < 1.29 is 14.7 Å². The molecule has 0 aliphatic carbocycles. The highest BCUT2D eigenvalue weighted by Gasteiger charge is 2.23. The molecule has 0 saturated carbocycles. The van der Waals surface area contributed by atoms with Crippen LogP contribution in [0.2, 0.25) is 0 Å². The predicted octanol–water partition coefficient (Wildman–Crippen LogP) is 6.12. The lowest BCUT2D eigenvalue weighted by atomic mass is 9.81. The SMILES string of the molecule is CCCCCCCCC(CCCCC)C(CCCCC)COB(O)O. The molecule has 3 nitrogen and oxygen atoms in total. The highest BCUT2D eigenvalue weighted by atomic mass is 16.6. The average molecular weight is 356 g/mol. The number of rotatable bonds is 19. The van der Waals surface area contributed by atoms with E-state index in [0.29, 0.717) is 18.4 Å². The van der Waals surface area contributed by atoms with E-state index < -0.39 is 7.32 Å². The first-order valence-electron chi connectivity index (χ1n) is 11.1. The maximum absolute atomic E-state index is 9.10. The Hall–Kier alpha value is -0.0551. The van der Waals surface area contributed by atoms with Crippen molar-refractivity contribution in [1.82, 2.24) is 0 Å². The molecule has 0 heterocycles. The molecular formula is C21H45BO3. The highest BCUT2D eigenvalue weighted by Crippen LogP contribution is 2.30. The fraction of sp³-hybridized carbons (Fsp3) is 1.00. The summed E-state index contributed by atoms with van der Waals surface area (Å²) in [6, 6.07) is 0. The molecule has 2 unspecified atom stereocenters. The zero-order valence-corrected chi connectivity index (χ0v) is 17.3. The molecule has 0 aliphatic rings. The second kappa shape index (κ2) is 18.7. The van der Waals surface area contributed by atoms with Gasteiger partial charge in [-0.05, 0) is 18.3 Å². The normalized spacial score (nSPS) is 13.8. The molecule has 0 amide bonds. The molecule has 25 heavy (non-hydrogen) atoms. The molecule has 0 fully saturated rings. The monoisotopic (exact) mass is 356 g/mol. The van der Waals surface area contributed by atoms with E-state index in [2.05, 4.69) is 20.8 Å². The summed E-state index contributed by atoms with van der Waals surface area (Å²) in [7, 11) is -1.63. The van der Waals surface area contributed by atoms with Crippen LogP contribution in [0.1, 0.15) is 117 Å². The van der Waals surface area contributed by atoms with Crippen molar-refractivity contribution in [3.63, 3.8) is 0 Å². The van der Waals surface area contributed by atoms with Crippen molar-refractivity contribution in [2.45, 2.75) is 117 Å². The summed E-state index contributed by atoms with van der Waals surface area (Å²) in [5, 5.41) is 18.2. The Bertz CT molecular complexity index is 262. The van der Waals surface area contributed by atoms with Crippen LogP contribution in [0.4, 0.5) is 0 Å². The number of unbranched alkanes of at least 4 members (excludes halogenated alkanes) is 9. The molecule has 0 spiro atoms. The van der Waals surface area contributed by atoms with E-state index in [1.54, 1.807) is 0 Å². The first-order chi connectivity index (χ1) is 12.2. The zero-order chi connectivity index (χ0) is 18.8. The Kier molecular flexibility index (Phi) is 18.7. The molecular weight excluding hydrogens is 311 g/mol. The summed E-state index contributed by atoms with van der Waals surface area (Å²) in [6.45, 7) is 7.25. The Morgan fingerprint density at radius 3 is 1.52 bits per heavy atom. The van der Waals surface area contributed by atoms with Gasteiger partial charge in [-0.3, -0.25) is 0 Å². The van der Waals surface area contributed by atoms with Gasteiger partial charge < -0.3 is 14.7 Å². The topological polar surface area (TPSA) is 49.7 Å². The maximum Gasteiger partial charge on any atom is 0.633 e. The van der Waals surface area contributed by atoms with Crippen LogP contribution in [-0.4, -0.2) is 24.0 Å². The molecule has 0 aliphatic heterocycles. The van der Waals surface area contributed by atoms with Crippen LogP contribution in [0.5, 0.6) is 0 Å². The lowest BCUT2D eigenvalue weighted by Gasteiger charge is -2.28. The van der Waals surface area contributed by atoms with Gasteiger partial charge in [0, 0.05) is 6.61 Å². The second-order valence-corrected chi connectivity index (χ2v) is 7.73. The molecule has 0 aromatic heterocycles. The smallest absolute Gasteiger partial charge is 0.402 e.